The summed E-state index contributed by atoms with van der Waals surface area (Å²) in [6.45, 7) is 5.98. The summed E-state index contributed by atoms with van der Waals surface area (Å²) in [6, 6.07) is 6.66. The van der Waals surface area contributed by atoms with Gasteiger partial charge in [0.1, 0.15) is 23.8 Å². The van der Waals surface area contributed by atoms with Gasteiger partial charge in [0.2, 0.25) is 11.8 Å². The van der Waals surface area contributed by atoms with Crippen LogP contribution in [0.5, 0.6) is 0 Å². The first-order valence-corrected chi connectivity index (χ1v) is 15.2. The summed E-state index contributed by atoms with van der Waals surface area (Å²) < 4.78 is 8.72. The van der Waals surface area contributed by atoms with E-state index in [9.17, 15) is 19.5 Å². The predicted molar refractivity (Wildman–Crippen MR) is 155 cm³/mol. The second-order valence-electron chi connectivity index (χ2n) is 11.8. The first-order chi connectivity index (χ1) is 20.4. The van der Waals surface area contributed by atoms with E-state index in [4.69, 9.17) is 4.74 Å². The monoisotopic (exact) mass is 576 g/mol. The fraction of sp³-hybridized carbons (Fsp3) is 0.581. The van der Waals surface area contributed by atoms with Crippen molar-refractivity contribution >= 4 is 28.8 Å². The van der Waals surface area contributed by atoms with Crippen LogP contribution in [0, 0.1) is 11.8 Å². The van der Waals surface area contributed by atoms with Gasteiger partial charge in [-0.3, -0.25) is 14.4 Å². The molecule has 5 heterocycles. The molecule has 224 valence electrons. The molecule has 0 bridgehead atoms. The molecule has 0 radical (unpaired) electrons. The van der Waals surface area contributed by atoms with E-state index in [-0.39, 0.29) is 31.0 Å². The van der Waals surface area contributed by atoms with Crippen molar-refractivity contribution in [2.24, 2.45) is 11.8 Å². The minimum absolute atomic E-state index is 0.0730. The average Bonchev–Trinajstić information content (AvgIpc) is 3.53. The number of amides is 3. The Morgan fingerprint density at radius 1 is 0.929 bits per heavy atom. The molecule has 1 unspecified atom stereocenters. The van der Waals surface area contributed by atoms with Crippen molar-refractivity contribution in [2.75, 3.05) is 32.8 Å². The molecule has 4 aliphatic heterocycles. The largest absolute Gasteiger partial charge is 0.396 e. The maximum Gasteiger partial charge on any atom is 0.250 e. The Morgan fingerprint density at radius 3 is 2.50 bits per heavy atom. The lowest BCUT2D eigenvalue weighted by Gasteiger charge is -2.38. The Hall–Kier alpha value is -3.57. The lowest BCUT2D eigenvalue weighted by molar-refractivity contribution is -0.155. The highest BCUT2D eigenvalue weighted by molar-refractivity contribution is 6.00. The fourth-order valence-electron chi connectivity index (χ4n) is 7.45. The molecule has 2 saturated heterocycles. The molecule has 1 aromatic heterocycles. The molecular formula is C31H40N6O5. The molecule has 1 N–H and O–H groups in total. The highest BCUT2D eigenvalue weighted by Crippen LogP contribution is 2.58. The van der Waals surface area contributed by atoms with Crippen molar-refractivity contribution in [2.45, 2.75) is 69.9 Å². The zero-order chi connectivity index (χ0) is 29.5. The van der Waals surface area contributed by atoms with Crippen molar-refractivity contribution in [3.63, 3.8) is 0 Å². The van der Waals surface area contributed by atoms with Crippen LogP contribution in [0.2, 0.25) is 0 Å². The highest BCUT2D eigenvalue weighted by Gasteiger charge is 2.75. The number of aliphatic hydroxyl groups is 1. The summed E-state index contributed by atoms with van der Waals surface area (Å²) in [5.74, 6) is -2.08. The molecule has 1 aromatic carbocycles. The Kier molecular flexibility index (Phi) is 7.65. The van der Waals surface area contributed by atoms with Crippen LogP contribution < -0.4 is 0 Å². The number of carbonyl (C=O) groups excluding carboxylic acids is 3. The average molecular weight is 577 g/mol. The molecule has 1 spiro atoms. The van der Waals surface area contributed by atoms with Crippen molar-refractivity contribution in [3.05, 3.63) is 48.6 Å². The van der Waals surface area contributed by atoms with Gasteiger partial charge in [0.25, 0.3) is 5.91 Å². The minimum Gasteiger partial charge on any atom is -0.396 e. The van der Waals surface area contributed by atoms with Gasteiger partial charge in [-0.15, -0.1) is 5.10 Å². The molecular weight excluding hydrogens is 536 g/mol. The third kappa shape index (κ3) is 4.36. The predicted octanol–water partition coefficient (Wildman–Crippen LogP) is 2.12. The summed E-state index contributed by atoms with van der Waals surface area (Å²) in [6.07, 6.45) is 11.0. The minimum atomic E-state index is -1.28. The van der Waals surface area contributed by atoms with E-state index < -0.39 is 29.1 Å². The van der Waals surface area contributed by atoms with Crippen LogP contribution in [0.1, 0.15) is 46.0 Å². The van der Waals surface area contributed by atoms with Crippen LogP contribution in [-0.2, 0) is 25.8 Å². The Labute approximate surface area is 245 Å². The molecule has 11 nitrogen and oxygen atoms in total. The van der Waals surface area contributed by atoms with E-state index in [1.807, 2.05) is 67.3 Å². The molecule has 3 amide bonds. The van der Waals surface area contributed by atoms with Gasteiger partial charge in [0.05, 0.1) is 23.0 Å². The Morgan fingerprint density at radius 2 is 1.71 bits per heavy atom. The normalized spacial score (nSPS) is 30.6. The highest BCUT2D eigenvalue weighted by atomic mass is 16.5. The fourth-order valence-corrected chi connectivity index (χ4v) is 7.45. The van der Waals surface area contributed by atoms with Crippen LogP contribution in [0.25, 0.3) is 11.0 Å². The number of aromatic nitrogens is 3. The maximum atomic E-state index is 14.6. The number of unbranched alkanes of at least 4 members (excludes halogenated alkanes) is 2. The van der Waals surface area contributed by atoms with Crippen molar-refractivity contribution in [1.82, 2.24) is 29.7 Å². The number of aliphatic hydroxyl groups excluding tert-OH is 1. The zero-order valence-electron chi connectivity index (χ0n) is 24.4. The number of likely N-dealkylation sites (tertiary alicyclic amines) is 1. The summed E-state index contributed by atoms with van der Waals surface area (Å²) in [7, 11) is 0. The van der Waals surface area contributed by atoms with Crippen molar-refractivity contribution in [3.8, 4) is 0 Å². The first kappa shape index (κ1) is 28.5. The van der Waals surface area contributed by atoms with Gasteiger partial charge in [-0.1, -0.05) is 55.5 Å². The third-order valence-electron chi connectivity index (χ3n) is 9.38. The number of benzene rings is 1. The quantitative estimate of drug-likeness (QED) is 0.340. The number of rotatable bonds is 10. The number of nitrogens with zero attached hydrogens (tertiary/aromatic N) is 6. The van der Waals surface area contributed by atoms with E-state index in [0.29, 0.717) is 45.4 Å². The van der Waals surface area contributed by atoms with Gasteiger partial charge in [-0.25, -0.2) is 4.68 Å². The van der Waals surface area contributed by atoms with E-state index in [2.05, 4.69) is 10.3 Å². The van der Waals surface area contributed by atoms with E-state index in [1.165, 1.54) is 0 Å². The van der Waals surface area contributed by atoms with Crippen molar-refractivity contribution < 1.29 is 24.2 Å². The number of fused-ring (bicyclic) bond motifs is 3. The second-order valence-corrected chi connectivity index (χ2v) is 11.8. The molecule has 2 aromatic rings. The number of para-hydroxylation sites is 1. The maximum absolute atomic E-state index is 14.6. The van der Waals surface area contributed by atoms with Gasteiger partial charge in [-0.05, 0) is 44.2 Å². The molecule has 11 heteroatoms. The van der Waals surface area contributed by atoms with Crippen LogP contribution in [0.3, 0.4) is 0 Å². The van der Waals surface area contributed by atoms with E-state index >= 15 is 0 Å². The third-order valence-corrected chi connectivity index (χ3v) is 9.38. The second kappa shape index (κ2) is 11.3. The molecule has 2 fully saturated rings. The molecule has 42 heavy (non-hydrogen) atoms. The van der Waals surface area contributed by atoms with Crippen LogP contribution >= 0.6 is 0 Å². The topological polar surface area (TPSA) is 121 Å². The number of ether oxygens (including phenoxy) is 1. The summed E-state index contributed by atoms with van der Waals surface area (Å²) >= 11 is 0. The SMILES string of the molecule is CCCN1CC=C[C@]2(CC)O[C@]34C=CCN(Cn5nnc6ccccc65)C(=O)C3N(CCCCCO)C(=O)[C@@H]4[C@@H]2C1=O. The van der Waals surface area contributed by atoms with Gasteiger partial charge in [0, 0.05) is 32.8 Å². The Bertz CT molecular complexity index is 1420. The number of hydrogen-bond donors (Lipinski definition) is 1. The van der Waals surface area contributed by atoms with Crippen LogP contribution in [0.4, 0.5) is 0 Å². The van der Waals surface area contributed by atoms with Crippen LogP contribution in [-0.4, -0.2) is 103 Å². The lowest BCUT2D eigenvalue weighted by atomic mass is 9.73. The van der Waals surface area contributed by atoms with E-state index in [1.54, 1.807) is 14.5 Å². The molecule has 4 aliphatic rings. The van der Waals surface area contributed by atoms with Gasteiger partial charge < -0.3 is 24.5 Å². The molecule has 6 rings (SSSR count). The number of carbonyl (C=O) groups is 3. The molecule has 0 saturated carbocycles. The van der Waals surface area contributed by atoms with Crippen LogP contribution in [0.15, 0.2) is 48.6 Å². The van der Waals surface area contributed by atoms with Gasteiger partial charge in [-0.2, -0.15) is 0 Å². The van der Waals surface area contributed by atoms with Gasteiger partial charge in [0.15, 0.2) is 0 Å². The first-order valence-electron chi connectivity index (χ1n) is 15.2. The molecule has 0 aliphatic carbocycles. The van der Waals surface area contributed by atoms with E-state index in [0.717, 1.165) is 23.9 Å². The summed E-state index contributed by atoms with van der Waals surface area (Å²) in [4.78, 5) is 48.4. The smallest absolute Gasteiger partial charge is 0.250 e. The van der Waals surface area contributed by atoms with Crippen molar-refractivity contribution in [1.29, 1.82) is 0 Å². The summed E-state index contributed by atoms with van der Waals surface area (Å²) in [5, 5.41) is 17.9. The summed E-state index contributed by atoms with van der Waals surface area (Å²) in [5.41, 5.74) is -0.714. The zero-order valence-corrected chi connectivity index (χ0v) is 24.4. The molecule has 5 atom stereocenters. The lowest BCUT2D eigenvalue weighted by Crippen LogP contribution is -2.56. The van der Waals surface area contributed by atoms with Gasteiger partial charge >= 0.3 is 0 Å². The number of hydrogen-bond acceptors (Lipinski definition) is 7. The standard InChI is InChI=1S/C31H40N6O5/c1-3-16-34-17-10-14-30(4-2)24(27(34)39)25-28(40)36(19-8-5-9-20-38)26-29(41)35(18-11-15-31(25,26)42-30)21-37-23-13-7-6-12-22(23)32-33-37/h6-7,10-15,24-26,38H,3-5,8-9,16-21H2,1-2H3/t24-,25+,26?,30+,31+/m1/s1. The Balaban J connectivity index is 1.41.